The molecule has 18 heavy (non-hydrogen) atoms. The fourth-order valence-corrected chi connectivity index (χ4v) is 1.81. The maximum Gasteiger partial charge on any atom is 0.335 e. The summed E-state index contributed by atoms with van der Waals surface area (Å²) in [6.07, 6.45) is -0.569. The molecule has 1 aromatic rings. The molecular weight excluding hydrogens is 314 g/mol. The van der Waals surface area contributed by atoms with Crippen LogP contribution in [0.5, 0.6) is 0 Å². The summed E-state index contributed by atoms with van der Waals surface area (Å²) in [6, 6.07) is 0.433. The van der Waals surface area contributed by atoms with E-state index in [9.17, 15) is 23.2 Å². The van der Waals surface area contributed by atoms with Gasteiger partial charge in [-0.1, -0.05) is 0 Å². The average molecular weight is 319 g/mol. The molecule has 2 rings (SSSR count). The maximum atomic E-state index is 13.5. The highest BCUT2D eigenvalue weighted by molar-refractivity contribution is 9.10. The highest BCUT2D eigenvalue weighted by atomic mass is 79.9. The molecule has 0 saturated carbocycles. The minimum absolute atomic E-state index is 0.101. The number of benzene rings is 1. The standard InChI is InChI=1S/C10H5BrF2N2O3/c11-4-1-7(6(13)2-5(4)12)15-9(17)3-8(16)14-10(15)18/h1-2H,3H2,(H,14,16,18). The van der Waals surface area contributed by atoms with Crippen molar-refractivity contribution in [3.05, 3.63) is 28.2 Å². The summed E-state index contributed by atoms with van der Waals surface area (Å²) >= 11 is 2.82. The molecule has 1 aliphatic heterocycles. The van der Waals surface area contributed by atoms with Gasteiger partial charge in [-0.25, -0.2) is 18.5 Å². The van der Waals surface area contributed by atoms with Crippen LogP contribution in [0.3, 0.4) is 0 Å². The largest absolute Gasteiger partial charge is 0.335 e. The van der Waals surface area contributed by atoms with Crippen LogP contribution >= 0.6 is 15.9 Å². The van der Waals surface area contributed by atoms with E-state index in [1.807, 2.05) is 5.32 Å². The van der Waals surface area contributed by atoms with E-state index in [0.29, 0.717) is 11.0 Å². The van der Waals surface area contributed by atoms with E-state index >= 15 is 0 Å². The molecule has 1 saturated heterocycles. The van der Waals surface area contributed by atoms with Crippen LogP contribution in [0.4, 0.5) is 19.3 Å². The smallest absolute Gasteiger partial charge is 0.277 e. The Kier molecular flexibility index (Phi) is 3.12. The Hall–Kier alpha value is -1.83. The Morgan fingerprint density at radius 2 is 1.83 bits per heavy atom. The molecule has 94 valence electrons. The summed E-state index contributed by atoms with van der Waals surface area (Å²) in [5.74, 6) is -3.57. The summed E-state index contributed by atoms with van der Waals surface area (Å²) in [5.41, 5.74) is -0.418. The maximum absolute atomic E-state index is 13.5. The van der Waals surface area contributed by atoms with E-state index < -0.39 is 41.6 Å². The van der Waals surface area contributed by atoms with Gasteiger partial charge in [0.15, 0.2) is 0 Å². The average Bonchev–Trinajstić information content (AvgIpc) is 2.24. The fraction of sp³-hybridized carbons (Fsp3) is 0.100. The molecule has 0 aromatic heterocycles. The second-order valence-corrected chi connectivity index (χ2v) is 4.33. The van der Waals surface area contributed by atoms with Gasteiger partial charge in [0.05, 0.1) is 10.2 Å². The third-order valence-corrected chi connectivity index (χ3v) is 2.85. The van der Waals surface area contributed by atoms with Gasteiger partial charge in [0, 0.05) is 6.07 Å². The number of imide groups is 2. The molecule has 8 heteroatoms. The summed E-state index contributed by atoms with van der Waals surface area (Å²) in [7, 11) is 0. The van der Waals surface area contributed by atoms with Gasteiger partial charge in [-0.2, -0.15) is 0 Å². The van der Waals surface area contributed by atoms with Crippen LogP contribution in [0.2, 0.25) is 0 Å². The molecule has 1 fully saturated rings. The predicted molar refractivity (Wildman–Crippen MR) is 59.7 cm³/mol. The van der Waals surface area contributed by atoms with Crippen LogP contribution in [0, 0.1) is 11.6 Å². The van der Waals surface area contributed by atoms with Gasteiger partial charge in [0.25, 0.3) is 0 Å². The van der Waals surface area contributed by atoms with E-state index in [0.717, 1.165) is 6.07 Å². The highest BCUT2D eigenvalue weighted by Crippen LogP contribution is 2.28. The quantitative estimate of drug-likeness (QED) is 0.633. The second-order valence-electron chi connectivity index (χ2n) is 3.48. The lowest BCUT2D eigenvalue weighted by molar-refractivity contribution is -0.128. The molecule has 0 atom stereocenters. The fourth-order valence-electron chi connectivity index (χ4n) is 1.48. The Morgan fingerprint density at radius 1 is 1.17 bits per heavy atom. The summed E-state index contributed by atoms with van der Waals surface area (Å²) in [5, 5.41) is 1.87. The van der Waals surface area contributed by atoms with Crippen molar-refractivity contribution in [1.29, 1.82) is 0 Å². The Morgan fingerprint density at radius 3 is 2.44 bits per heavy atom. The molecule has 0 spiro atoms. The van der Waals surface area contributed by atoms with Crippen molar-refractivity contribution in [3.8, 4) is 0 Å². The molecule has 4 amide bonds. The lowest BCUT2D eigenvalue weighted by atomic mass is 10.2. The van der Waals surface area contributed by atoms with Gasteiger partial charge in [0.1, 0.15) is 18.1 Å². The van der Waals surface area contributed by atoms with Gasteiger partial charge in [0.2, 0.25) is 11.8 Å². The number of anilines is 1. The van der Waals surface area contributed by atoms with Crippen molar-refractivity contribution in [3.63, 3.8) is 0 Å². The van der Waals surface area contributed by atoms with Crippen molar-refractivity contribution in [1.82, 2.24) is 5.32 Å². The number of nitrogens with one attached hydrogen (secondary N) is 1. The van der Waals surface area contributed by atoms with Gasteiger partial charge in [-0.15, -0.1) is 0 Å². The number of amides is 4. The van der Waals surface area contributed by atoms with Crippen molar-refractivity contribution >= 4 is 39.5 Å². The molecule has 1 aromatic carbocycles. The van der Waals surface area contributed by atoms with Crippen LogP contribution in [0.25, 0.3) is 0 Å². The number of urea groups is 1. The van der Waals surface area contributed by atoms with Crippen molar-refractivity contribution in [2.24, 2.45) is 0 Å². The number of barbiturate groups is 1. The molecule has 1 N–H and O–H groups in total. The van der Waals surface area contributed by atoms with E-state index in [4.69, 9.17) is 0 Å². The molecule has 5 nitrogen and oxygen atoms in total. The summed E-state index contributed by atoms with van der Waals surface area (Å²) < 4.78 is 26.5. The number of carbonyl (C=O) groups excluding carboxylic acids is 3. The van der Waals surface area contributed by atoms with E-state index in [1.54, 1.807) is 0 Å². The Labute approximate surface area is 108 Å². The number of nitrogens with zero attached hydrogens (tertiary/aromatic N) is 1. The zero-order valence-corrected chi connectivity index (χ0v) is 10.3. The van der Waals surface area contributed by atoms with E-state index in [1.165, 1.54) is 0 Å². The van der Waals surface area contributed by atoms with Crippen LogP contribution in [0.15, 0.2) is 16.6 Å². The zero-order valence-electron chi connectivity index (χ0n) is 8.67. The van der Waals surface area contributed by atoms with Gasteiger partial charge >= 0.3 is 6.03 Å². The number of hydrogen-bond acceptors (Lipinski definition) is 3. The SMILES string of the molecule is O=C1CC(=O)N(c2cc(Br)c(F)cc2F)C(=O)N1. The molecule has 1 aliphatic rings. The van der Waals surface area contributed by atoms with E-state index in [2.05, 4.69) is 15.9 Å². The first-order valence-corrected chi connectivity index (χ1v) is 5.50. The second kappa shape index (κ2) is 4.45. The molecular formula is C10H5BrF2N2O3. The molecule has 0 radical (unpaired) electrons. The highest BCUT2D eigenvalue weighted by Gasteiger charge is 2.34. The topological polar surface area (TPSA) is 66.5 Å². The first kappa shape index (κ1) is 12.6. The predicted octanol–water partition coefficient (Wildman–Crippen LogP) is 1.70. The van der Waals surface area contributed by atoms with Crippen LogP contribution < -0.4 is 10.2 Å². The number of hydrogen-bond donors (Lipinski definition) is 1. The molecule has 0 aliphatic carbocycles. The van der Waals surface area contributed by atoms with Crippen molar-refractivity contribution < 1.29 is 23.2 Å². The van der Waals surface area contributed by atoms with Crippen LogP contribution in [0.1, 0.15) is 6.42 Å². The molecule has 0 bridgehead atoms. The Bertz CT molecular complexity index is 556. The first-order chi connectivity index (χ1) is 8.40. The van der Waals surface area contributed by atoms with Gasteiger partial charge in [-0.3, -0.25) is 14.9 Å². The lowest BCUT2D eigenvalue weighted by Gasteiger charge is -2.25. The number of halogens is 3. The van der Waals surface area contributed by atoms with Crippen LogP contribution in [-0.2, 0) is 9.59 Å². The zero-order chi connectivity index (χ0) is 13.4. The van der Waals surface area contributed by atoms with Gasteiger partial charge in [-0.05, 0) is 22.0 Å². The third kappa shape index (κ3) is 2.10. The Balaban J connectivity index is 2.48. The summed E-state index contributed by atoms with van der Waals surface area (Å²) in [6.45, 7) is 0. The monoisotopic (exact) mass is 318 g/mol. The first-order valence-electron chi connectivity index (χ1n) is 4.71. The summed E-state index contributed by atoms with van der Waals surface area (Å²) in [4.78, 5) is 34.4. The number of rotatable bonds is 1. The van der Waals surface area contributed by atoms with Gasteiger partial charge < -0.3 is 0 Å². The van der Waals surface area contributed by atoms with Crippen molar-refractivity contribution in [2.75, 3.05) is 4.90 Å². The van der Waals surface area contributed by atoms with E-state index in [-0.39, 0.29) is 4.47 Å². The minimum Gasteiger partial charge on any atom is -0.277 e. The lowest BCUT2D eigenvalue weighted by Crippen LogP contribution is -2.53. The number of carbonyl (C=O) groups is 3. The normalized spacial score (nSPS) is 15.9. The minimum atomic E-state index is -1.08. The van der Waals surface area contributed by atoms with Crippen LogP contribution in [-0.4, -0.2) is 17.8 Å². The third-order valence-electron chi connectivity index (χ3n) is 2.24. The molecule has 1 heterocycles. The molecule has 0 unspecified atom stereocenters. The van der Waals surface area contributed by atoms with Crippen molar-refractivity contribution in [2.45, 2.75) is 6.42 Å².